The topological polar surface area (TPSA) is 108 Å². The van der Waals surface area contributed by atoms with E-state index in [0.717, 1.165) is 0 Å². The first-order valence-electron chi connectivity index (χ1n) is 8.37. The number of aromatic nitrogens is 2. The second kappa shape index (κ2) is 7.93. The van der Waals surface area contributed by atoms with Crippen LogP contribution in [0.15, 0.2) is 42.7 Å². The van der Waals surface area contributed by atoms with Crippen molar-refractivity contribution >= 4 is 0 Å². The number of aliphatic hydroxyl groups is 4. The Bertz CT molecular complexity index is 905. The van der Waals surface area contributed by atoms with Crippen LogP contribution < -0.4 is 0 Å². The molecule has 1 saturated heterocycles. The average Bonchev–Trinajstić information content (AvgIpc) is 3.10. The van der Waals surface area contributed by atoms with Crippen molar-refractivity contribution in [2.45, 2.75) is 30.0 Å². The van der Waals surface area contributed by atoms with Crippen LogP contribution in [0.5, 0.6) is 0 Å². The summed E-state index contributed by atoms with van der Waals surface area (Å²) in [4.78, 5) is 0. The van der Waals surface area contributed by atoms with Crippen LogP contribution in [0.2, 0.25) is 0 Å². The van der Waals surface area contributed by atoms with Crippen molar-refractivity contribution < 1.29 is 25.2 Å². The minimum atomic E-state index is -2.14. The Hall–Kier alpha value is -2.65. The summed E-state index contributed by atoms with van der Waals surface area (Å²) in [6.45, 7) is -0.536. The van der Waals surface area contributed by atoms with Gasteiger partial charge in [-0.3, -0.25) is 4.68 Å². The zero-order valence-electron chi connectivity index (χ0n) is 14.6. The lowest BCUT2D eigenvalue weighted by Gasteiger charge is -2.43. The third kappa shape index (κ3) is 4.04. The van der Waals surface area contributed by atoms with Gasteiger partial charge in [0.05, 0.1) is 18.4 Å². The maximum absolute atomic E-state index is 11.0. The van der Waals surface area contributed by atoms with Gasteiger partial charge in [0.25, 0.3) is 0 Å². The monoisotopic (exact) mass is 368 g/mol. The van der Waals surface area contributed by atoms with Crippen LogP contribution in [-0.4, -0.2) is 66.8 Å². The van der Waals surface area contributed by atoms with E-state index in [-0.39, 0.29) is 0 Å². The maximum atomic E-state index is 11.0. The van der Waals surface area contributed by atoms with E-state index in [1.807, 2.05) is 6.07 Å². The molecule has 7 nitrogen and oxygen atoms in total. The van der Waals surface area contributed by atoms with Crippen molar-refractivity contribution in [3.05, 3.63) is 53.9 Å². The normalized spacial score (nSPS) is 30.0. The Morgan fingerprint density at radius 3 is 2.56 bits per heavy atom. The molecule has 0 saturated carbocycles. The molecule has 140 valence electrons. The third-order valence-corrected chi connectivity index (χ3v) is 4.28. The second-order valence-corrected chi connectivity index (χ2v) is 6.29. The van der Waals surface area contributed by atoms with E-state index >= 15 is 0 Å². The van der Waals surface area contributed by atoms with Gasteiger partial charge in [-0.2, -0.15) is 5.10 Å². The molecule has 1 aromatic heterocycles. The van der Waals surface area contributed by atoms with Crippen molar-refractivity contribution in [3.63, 3.8) is 0 Å². The number of hydrogen-bond donors (Lipinski definition) is 4. The van der Waals surface area contributed by atoms with Crippen LogP contribution in [0, 0.1) is 23.7 Å². The van der Waals surface area contributed by atoms with Gasteiger partial charge >= 0.3 is 0 Å². The molecule has 2 heterocycles. The van der Waals surface area contributed by atoms with Gasteiger partial charge in [-0.1, -0.05) is 41.9 Å². The molecule has 0 aliphatic carbocycles. The molecule has 2 aromatic rings. The fourth-order valence-electron chi connectivity index (χ4n) is 2.74. The summed E-state index contributed by atoms with van der Waals surface area (Å²) < 4.78 is 7.11. The van der Waals surface area contributed by atoms with Crippen molar-refractivity contribution in [1.82, 2.24) is 9.78 Å². The van der Waals surface area contributed by atoms with Gasteiger partial charge in [0.15, 0.2) is 11.7 Å². The largest absolute Gasteiger partial charge is 0.394 e. The molecule has 0 spiro atoms. The van der Waals surface area contributed by atoms with Crippen molar-refractivity contribution in [3.8, 4) is 23.7 Å². The number of rotatable bonds is 1. The Kier molecular flexibility index (Phi) is 5.62. The summed E-state index contributed by atoms with van der Waals surface area (Å²) in [7, 11) is 1.74. The summed E-state index contributed by atoms with van der Waals surface area (Å²) in [5, 5.41) is 45.0. The number of ether oxygens (including phenoxy) is 1. The summed E-state index contributed by atoms with van der Waals surface area (Å²) in [5.41, 5.74) is -0.938. The van der Waals surface area contributed by atoms with Gasteiger partial charge in [-0.25, -0.2) is 0 Å². The van der Waals surface area contributed by atoms with E-state index < -0.39 is 36.6 Å². The van der Waals surface area contributed by atoms with Crippen LogP contribution >= 0.6 is 0 Å². The highest BCUT2D eigenvalue weighted by atomic mass is 16.5. The molecule has 0 unspecified atom stereocenters. The molecule has 3 rings (SSSR count). The number of aliphatic hydroxyl groups excluding tert-OH is 3. The minimum absolute atomic E-state index is 0.536. The lowest BCUT2D eigenvalue weighted by Crippen LogP contribution is -2.65. The fraction of sp³-hybridized carbons (Fsp3) is 0.350. The molecule has 1 fully saturated rings. The van der Waals surface area contributed by atoms with Crippen LogP contribution in [0.25, 0.3) is 0 Å². The van der Waals surface area contributed by atoms with Crippen LogP contribution in [0.4, 0.5) is 0 Å². The summed E-state index contributed by atoms with van der Waals surface area (Å²) in [6, 6.07) is 8.90. The molecule has 5 atom stereocenters. The Morgan fingerprint density at radius 1 is 1.19 bits per heavy atom. The molecule has 4 N–H and O–H groups in total. The smallest absolute Gasteiger partial charge is 0.191 e. The molecule has 1 aliphatic rings. The molecule has 27 heavy (non-hydrogen) atoms. The van der Waals surface area contributed by atoms with E-state index in [1.165, 1.54) is 0 Å². The Labute approximate surface area is 156 Å². The van der Waals surface area contributed by atoms with E-state index in [9.17, 15) is 20.4 Å². The highest BCUT2D eigenvalue weighted by molar-refractivity contribution is 5.41. The molecule has 1 aromatic carbocycles. The Morgan fingerprint density at radius 2 is 1.93 bits per heavy atom. The third-order valence-electron chi connectivity index (χ3n) is 4.28. The molecule has 1 aliphatic heterocycles. The van der Waals surface area contributed by atoms with Crippen LogP contribution in [0.3, 0.4) is 0 Å². The number of nitrogens with zero attached hydrogens (tertiary/aromatic N) is 2. The first-order valence-corrected chi connectivity index (χ1v) is 8.37. The predicted octanol–water partition coefficient (Wildman–Crippen LogP) is -0.964. The van der Waals surface area contributed by atoms with Crippen molar-refractivity contribution in [2.75, 3.05) is 6.61 Å². The lowest BCUT2D eigenvalue weighted by molar-refractivity contribution is -0.239. The van der Waals surface area contributed by atoms with Gasteiger partial charge in [0, 0.05) is 18.8 Å². The van der Waals surface area contributed by atoms with Crippen molar-refractivity contribution in [2.24, 2.45) is 7.05 Å². The second-order valence-electron chi connectivity index (χ2n) is 6.29. The van der Waals surface area contributed by atoms with Crippen molar-refractivity contribution in [1.29, 1.82) is 0 Å². The van der Waals surface area contributed by atoms with E-state index in [2.05, 4.69) is 28.8 Å². The number of aryl methyl sites for hydroxylation is 1. The standard InChI is InChI=1S/C20H20N2O5/c1-22-12-15(11-21-22)7-8-17-20(26,10-9-14-5-3-2-4-6-14)19(25)18(24)16(13-23)27-17/h2-6,11-12,16-19,23-26H,13H2,1H3/t16-,17-,18-,19+,20-/m1/s1. The van der Waals surface area contributed by atoms with E-state index in [0.29, 0.717) is 11.1 Å². The van der Waals surface area contributed by atoms with Gasteiger partial charge in [0.1, 0.15) is 18.3 Å². The number of hydrogen-bond acceptors (Lipinski definition) is 6. The summed E-state index contributed by atoms with van der Waals surface area (Å²) >= 11 is 0. The molecular weight excluding hydrogens is 348 g/mol. The lowest BCUT2D eigenvalue weighted by atomic mass is 9.82. The number of benzene rings is 1. The molecule has 0 bridgehead atoms. The van der Waals surface area contributed by atoms with Crippen LogP contribution in [0.1, 0.15) is 11.1 Å². The highest BCUT2D eigenvalue weighted by Crippen LogP contribution is 2.29. The first kappa shape index (κ1) is 19.1. The average molecular weight is 368 g/mol. The van der Waals surface area contributed by atoms with Crippen LogP contribution in [-0.2, 0) is 11.8 Å². The zero-order chi connectivity index (χ0) is 19.4. The quantitative estimate of drug-likeness (QED) is 0.483. The Balaban J connectivity index is 1.97. The fourth-order valence-corrected chi connectivity index (χ4v) is 2.74. The molecule has 0 amide bonds. The van der Waals surface area contributed by atoms with Gasteiger partial charge < -0.3 is 25.2 Å². The van der Waals surface area contributed by atoms with E-state index in [1.54, 1.807) is 48.4 Å². The van der Waals surface area contributed by atoms with Gasteiger partial charge in [0.2, 0.25) is 0 Å². The minimum Gasteiger partial charge on any atom is -0.394 e. The summed E-state index contributed by atoms with van der Waals surface area (Å²) in [5.74, 6) is 10.9. The van der Waals surface area contributed by atoms with E-state index in [4.69, 9.17) is 4.74 Å². The molecule has 0 radical (unpaired) electrons. The zero-order valence-corrected chi connectivity index (χ0v) is 14.6. The summed E-state index contributed by atoms with van der Waals surface area (Å²) in [6.07, 6.45) is -2.30. The SMILES string of the molecule is Cn1cc(C#C[C@H]2O[C@H](CO)[C@@H](O)[C@H](O)[C@@]2(O)C#Cc2ccccc2)cn1. The maximum Gasteiger partial charge on any atom is 0.191 e. The predicted molar refractivity (Wildman–Crippen MR) is 96.1 cm³/mol. The van der Waals surface area contributed by atoms with Gasteiger partial charge in [-0.05, 0) is 12.1 Å². The highest BCUT2D eigenvalue weighted by Gasteiger charge is 2.53. The molecule has 7 heteroatoms. The van der Waals surface area contributed by atoms with Gasteiger partial charge in [-0.15, -0.1) is 0 Å². The molecular formula is C20H20N2O5. The first-order chi connectivity index (χ1) is 12.9.